The average Bonchev–Trinajstić information content (AvgIpc) is 3.14. The molecular formula is C17H22N4O2. The smallest absolute Gasteiger partial charge is 0.269 e. The van der Waals surface area contributed by atoms with Gasteiger partial charge in [-0.15, -0.1) is 0 Å². The van der Waals surface area contributed by atoms with Gasteiger partial charge in [-0.25, -0.2) is 4.98 Å². The van der Waals surface area contributed by atoms with Gasteiger partial charge in [-0.05, 0) is 50.3 Å². The minimum absolute atomic E-state index is 0.136. The molecular weight excluding hydrogens is 292 g/mol. The standard InChI is InChI=1S/C17H22N4O2/c1-12-9-15(21(2)20-12)17(22)19-11-13-7-8-18-16(10-13)23-14-5-3-4-6-14/h7-10,14H,3-6,11H2,1-2H3,(H,19,22). The number of hydrogen-bond acceptors (Lipinski definition) is 4. The Bertz CT molecular complexity index is 690. The molecule has 1 amide bonds. The third-order valence-electron chi connectivity index (χ3n) is 4.08. The summed E-state index contributed by atoms with van der Waals surface area (Å²) >= 11 is 0. The first-order valence-electron chi connectivity index (χ1n) is 8.02. The molecule has 0 aromatic carbocycles. The first-order chi connectivity index (χ1) is 11.1. The van der Waals surface area contributed by atoms with Crippen molar-refractivity contribution in [1.29, 1.82) is 0 Å². The van der Waals surface area contributed by atoms with Crippen LogP contribution < -0.4 is 10.1 Å². The number of aromatic nitrogens is 3. The molecule has 23 heavy (non-hydrogen) atoms. The van der Waals surface area contributed by atoms with E-state index in [1.54, 1.807) is 24.0 Å². The van der Waals surface area contributed by atoms with E-state index in [-0.39, 0.29) is 12.0 Å². The molecule has 0 saturated heterocycles. The van der Waals surface area contributed by atoms with Crippen molar-refractivity contribution in [2.45, 2.75) is 45.3 Å². The van der Waals surface area contributed by atoms with Crippen LogP contribution in [0.5, 0.6) is 5.88 Å². The van der Waals surface area contributed by atoms with Crippen molar-refractivity contribution in [3.63, 3.8) is 0 Å². The largest absolute Gasteiger partial charge is 0.474 e. The van der Waals surface area contributed by atoms with Crippen molar-refractivity contribution in [2.75, 3.05) is 0 Å². The lowest BCUT2D eigenvalue weighted by Crippen LogP contribution is -2.25. The lowest BCUT2D eigenvalue weighted by Gasteiger charge is -2.13. The molecule has 2 aromatic rings. The number of ether oxygens (including phenoxy) is 1. The van der Waals surface area contributed by atoms with Crippen molar-refractivity contribution in [3.8, 4) is 5.88 Å². The van der Waals surface area contributed by atoms with Crippen molar-refractivity contribution >= 4 is 5.91 Å². The third-order valence-corrected chi connectivity index (χ3v) is 4.08. The van der Waals surface area contributed by atoms with Crippen LogP contribution in [0, 0.1) is 6.92 Å². The third kappa shape index (κ3) is 3.88. The number of rotatable bonds is 5. The highest BCUT2D eigenvalue weighted by atomic mass is 16.5. The fourth-order valence-corrected chi connectivity index (χ4v) is 2.90. The number of hydrogen-bond donors (Lipinski definition) is 1. The van der Waals surface area contributed by atoms with Crippen LogP contribution in [0.4, 0.5) is 0 Å². The van der Waals surface area contributed by atoms with E-state index >= 15 is 0 Å². The topological polar surface area (TPSA) is 69.0 Å². The summed E-state index contributed by atoms with van der Waals surface area (Å²) in [4.78, 5) is 16.5. The van der Waals surface area contributed by atoms with E-state index in [4.69, 9.17) is 4.74 Å². The van der Waals surface area contributed by atoms with Crippen LogP contribution in [0.25, 0.3) is 0 Å². The van der Waals surface area contributed by atoms with Crippen LogP contribution in [-0.2, 0) is 13.6 Å². The van der Waals surface area contributed by atoms with Crippen molar-refractivity contribution in [2.24, 2.45) is 7.05 Å². The maximum absolute atomic E-state index is 12.2. The van der Waals surface area contributed by atoms with E-state index in [1.165, 1.54) is 12.8 Å². The summed E-state index contributed by atoms with van der Waals surface area (Å²) in [6, 6.07) is 5.56. The molecule has 1 aliphatic carbocycles. The van der Waals surface area contributed by atoms with Crippen LogP contribution >= 0.6 is 0 Å². The molecule has 3 rings (SSSR count). The van der Waals surface area contributed by atoms with Gasteiger partial charge in [-0.2, -0.15) is 5.10 Å². The zero-order valence-electron chi connectivity index (χ0n) is 13.6. The van der Waals surface area contributed by atoms with Gasteiger partial charge < -0.3 is 10.1 Å². The SMILES string of the molecule is Cc1cc(C(=O)NCc2ccnc(OC3CCCC3)c2)n(C)n1. The van der Waals surface area contributed by atoms with Gasteiger partial charge in [0, 0.05) is 25.9 Å². The predicted molar refractivity (Wildman–Crippen MR) is 86.2 cm³/mol. The van der Waals surface area contributed by atoms with Gasteiger partial charge in [0.05, 0.1) is 5.69 Å². The molecule has 2 heterocycles. The molecule has 0 radical (unpaired) electrons. The lowest BCUT2D eigenvalue weighted by atomic mass is 10.2. The minimum Gasteiger partial charge on any atom is -0.474 e. The van der Waals surface area contributed by atoms with Crippen LogP contribution in [0.2, 0.25) is 0 Å². The normalized spacial score (nSPS) is 14.9. The maximum Gasteiger partial charge on any atom is 0.269 e. The fraction of sp³-hybridized carbons (Fsp3) is 0.471. The Hall–Kier alpha value is -2.37. The van der Waals surface area contributed by atoms with Crippen LogP contribution in [0.15, 0.2) is 24.4 Å². The van der Waals surface area contributed by atoms with E-state index in [2.05, 4.69) is 15.4 Å². The summed E-state index contributed by atoms with van der Waals surface area (Å²) in [7, 11) is 1.77. The molecule has 0 bridgehead atoms. The molecule has 1 aliphatic rings. The molecule has 0 spiro atoms. The summed E-state index contributed by atoms with van der Waals surface area (Å²) in [5, 5.41) is 7.09. The van der Waals surface area contributed by atoms with E-state index in [9.17, 15) is 4.79 Å². The molecule has 122 valence electrons. The fourth-order valence-electron chi connectivity index (χ4n) is 2.90. The first kappa shape index (κ1) is 15.5. The Morgan fingerprint density at radius 3 is 2.87 bits per heavy atom. The quantitative estimate of drug-likeness (QED) is 0.920. The molecule has 6 heteroatoms. The second-order valence-corrected chi connectivity index (χ2v) is 6.00. The van der Waals surface area contributed by atoms with E-state index < -0.39 is 0 Å². The number of nitrogens with zero attached hydrogens (tertiary/aromatic N) is 3. The van der Waals surface area contributed by atoms with Gasteiger partial charge in [0.15, 0.2) is 0 Å². The van der Waals surface area contributed by atoms with Gasteiger partial charge in [0.1, 0.15) is 11.8 Å². The van der Waals surface area contributed by atoms with E-state index in [0.29, 0.717) is 18.1 Å². The molecule has 0 atom stereocenters. The number of pyridine rings is 1. The van der Waals surface area contributed by atoms with Crippen molar-refractivity contribution in [1.82, 2.24) is 20.1 Å². The Morgan fingerprint density at radius 1 is 1.39 bits per heavy atom. The second-order valence-electron chi connectivity index (χ2n) is 6.00. The first-order valence-corrected chi connectivity index (χ1v) is 8.02. The zero-order valence-corrected chi connectivity index (χ0v) is 13.6. The molecule has 0 unspecified atom stereocenters. The molecule has 2 aromatic heterocycles. The molecule has 0 aliphatic heterocycles. The monoisotopic (exact) mass is 314 g/mol. The summed E-state index contributed by atoms with van der Waals surface area (Å²) in [5.74, 6) is 0.503. The summed E-state index contributed by atoms with van der Waals surface area (Å²) in [6.07, 6.45) is 6.66. The molecule has 1 fully saturated rings. The number of aryl methyl sites for hydroxylation is 2. The number of amides is 1. The summed E-state index contributed by atoms with van der Waals surface area (Å²) in [5.41, 5.74) is 2.35. The summed E-state index contributed by atoms with van der Waals surface area (Å²) in [6.45, 7) is 2.30. The highest BCUT2D eigenvalue weighted by Crippen LogP contribution is 2.23. The highest BCUT2D eigenvalue weighted by Gasteiger charge is 2.17. The number of carbonyl (C=O) groups excluding carboxylic acids is 1. The Balaban J connectivity index is 1.59. The highest BCUT2D eigenvalue weighted by molar-refractivity contribution is 5.92. The van der Waals surface area contributed by atoms with Gasteiger partial charge in [0.25, 0.3) is 5.91 Å². The molecule has 1 N–H and O–H groups in total. The average molecular weight is 314 g/mol. The van der Waals surface area contributed by atoms with E-state index in [1.807, 2.05) is 19.1 Å². The number of carbonyl (C=O) groups is 1. The second kappa shape index (κ2) is 6.81. The summed E-state index contributed by atoms with van der Waals surface area (Å²) < 4.78 is 7.48. The maximum atomic E-state index is 12.2. The van der Waals surface area contributed by atoms with Crippen LogP contribution in [0.3, 0.4) is 0 Å². The van der Waals surface area contributed by atoms with Crippen molar-refractivity contribution in [3.05, 3.63) is 41.3 Å². The van der Waals surface area contributed by atoms with Crippen molar-refractivity contribution < 1.29 is 9.53 Å². The van der Waals surface area contributed by atoms with Gasteiger partial charge in [-0.3, -0.25) is 9.48 Å². The Kier molecular flexibility index (Phi) is 4.60. The van der Waals surface area contributed by atoms with Gasteiger partial charge >= 0.3 is 0 Å². The minimum atomic E-state index is -0.136. The molecule has 6 nitrogen and oxygen atoms in total. The number of nitrogens with one attached hydrogen (secondary N) is 1. The Morgan fingerprint density at radius 2 is 2.17 bits per heavy atom. The van der Waals surface area contributed by atoms with Gasteiger partial charge in [-0.1, -0.05) is 0 Å². The molecule has 1 saturated carbocycles. The zero-order chi connectivity index (χ0) is 16.2. The van der Waals surface area contributed by atoms with Crippen LogP contribution in [0.1, 0.15) is 47.4 Å². The lowest BCUT2D eigenvalue weighted by molar-refractivity contribution is 0.0941. The van der Waals surface area contributed by atoms with E-state index in [0.717, 1.165) is 24.1 Å². The van der Waals surface area contributed by atoms with Crippen LogP contribution in [-0.4, -0.2) is 26.8 Å². The van der Waals surface area contributed by atoms with Gasteiger partial charge in [0.2, 0.25) is 5.88 Å². The Labute approximate surface area is 135 Å². The predicted octanol–water partition coefficient (Wildman–Crippen LogP) is 2.37.